The third-order valence-corrected chi connectivity index (χ3v) is 4.48. The molecule has 0 radical (unpaired) electrons. The van der Waals surface area contributed by atoms with Crippen LogP contribution in [0.25, 0.3) is 21.9 Å². The molecule has 12 heteroatoms. The number of nitrogens with zero attached hydrogens (tertiary/aromatic N) is 2. The van der Waals surface area contributed by atoms with Crippen LogP contribution in [0.5, 0.6) is 0 Å². The molecule has 138 valence electrons. The highest BCUT2D eigenvalue weighted by molar-refractivity contribution is 7.85. The van der Waals surface area contributed by atoms with Crippen molar-refractivity contribution < 1.29 is 21.8 Å². The second-order valence-electron chi connectivity index (χ2n) is 5.49. The van der Waals surface area contributed by atoms with Gasteiger partial charge in [0.1, 0.15) is 17.1 Å². The van der Waals surface area contributed by atoms with Gasteiger partial charge in [0, 0.05) is 10.9 Å². The number of benzene rings is 1. The van der Waals surface area contributed by atoms with Crippen molar-refractivity contribution in [1.29, 1.82) is 0 Å². The standard InChI is InChI=1S/C15H9FN4O6S/c16-7-1-3-10-9(5-7)12-13(18-10)14(21)20(15(22)19-12)17-6-8-2-4-11(26-8)27(23,24)25/h1-6,18H,(H,19,22)(H,23,24,25). The number of hydrogen-bond acceptors (Lipinski definition) is 6. The number of halogens is 1. The normalized spacial score (nSPS) is 12.5. The van der Waals surface area contributed by atoms with Crippen LogP contribution in [0, 0.1) is 5.82 Å². The second-order valence-corrected chi connectivity index (χ2v) is 6.84. The average molecular weight is 392 g/mol. The predicted octanol–water partition coefficient (Wildman–Crippen LogP) is 1.03. The first-order valence-electron chi connectivity index (χ1n) is 7.32. The minimum absolute atomic E-state index is 0.00502. The van der Waals surface area contributed by atoms with Crippen LogP contribution in [0.3, 0.4) is 0 Å². The molecule has 0 amide bonds. The fraction of sp³-hybridized carbons (Fsp3) is 0. The van der Waals surface area contributed by atoms with Crippen molar-refractivity contribution in [2.45, 2.75) is 5.09 Å². The number of nitrogens with one attached hydrogen (secondary N) is 2. The summed E-state index contributed by atoms with van der Waals surface area (Å²) >= 11 is 0. The van der Waals surface area contributed by atoms with E-state index in [-0.39, 0.29) is 16.8 Å². The maximum absolute atomic E-state index is 13.4. The van der Waals surface area contributed by atoms with Crippen molar-refractivity contribution in [2.24, 2.45) is 5.10 Å². The van der Waals surface area contributed by atoms with Crippen molar-refractivity contribution >= 4 is 38.3 Å². The molecular formula is C15H9FN4O6S. The first kappa shape index (κ1) is 16.9. The zero-order valence-corrected chi connectivity index (χ0v) is 13.9. The Morgan fingerprint density at radius 2 is 1.93 bits per heavy atom. The summed E-state index contributed by atoms with van der Waals surface area (Å²) in [5.41, 5.74) is -1.11. The topological polar surface area (TPSA) is 151 Å². The van der Waals surface area contributed by atoms with Crippen molar-refractivity contribution in [3.05, 3.63) is 62.7 Å². The number of furan rings is 1. The highest BCUT2D eigenvalue weighted by Gasteiger charge is 2.15. The molecule has 1 aromatic carbocycles. The van der Waals surface area contributed by atoms with Crippen LogP contribution in [0.2, 0.25) is 0 Å². The molecule has 3 N–H and O–H groups in total. The van der Waals surface area contributed by atoms with E-state index in [2.05, 4.69) is 15.1 Å². The number of rotatable bonds is 3. The van der Waals surface area contributed by atoms with E-state index in [0.29, 0.717) is 15.6 Å². The van der Waals surface area contributed by atoms with Gasteiger partial charge < -0.3 is 14.4 Å². The average Bonchev–Trinajstić information content (AvgIpc) is 3.20. The maximum Gasteiger partial charge on any atom is 0.350 e. The SMILES string of the molecule is O=c1[nH]c2c([nH]c3ccc(F)cc32)c(=O)n1N=Cc1ccc(S(=O)(=O)O)o1. The molecule has 0 aliphatic rings. The molecule has 0 unspecified atom stereocenters. The fourth-order valence-corrected chi connectivity index (χ4v) is 3.02. The van der Waals surface area contributed by atoms with Gasteiger partial charge in [-0.3, -0.25) is 9.35 Å². The summed E-state index contributed by atoms with van der Waals surface area (Å²) in [6, 6.07) is 5.97. The van der Waals surface area contributed by atoms with Gasteiger partial charge in [-0.05, 0) is 30.3 Å². The smallest absolute Gasteiger partial charge is 0.350 e. The summed E-state index contributed by atoms with van der Waals surface area (Å²) in [5, 5.41) is 3.30. The van der Waals surface area contributed by atoms with E-state index in [4.69, 9.17) is 8.97 Å². The lowest BCUT2D eigenvalue weighted by molar-refractivity contribution is 0.404. The lowest BCUT2D eigenvalue weighted by Crippen LogP contribution is -2.32. The third-order valence-electron chi connectivity index (χ3n) is 3.75. The minimum Gasteiger partial charge on any atom is -0.441 e. The van der Waals surface area contributed by atoms with Gasteiger partial charge in [-0.1, -0.05) is 0 Å². The Kier molecular flexibility index (Phi) is 3.61. The number of hydrogen-bond donors (Lipinski definition) is 3. The number of aromatic amines is 2. The van der Waals surface area contributed by atoms with Crippen LogP contribution in [0.1, 0.15) is 5.76 Å². The van der Waals surface area contributed by atoms with E-state index < -0.39 is 32.3 Å². The molecule has 0 spiro atoms. The molecule has 0 aliphatic carbocycles. The Morgan fingerprint density at radius 1 is 1.15 bits per heavy atom. The van der Waals surface area contributed by atoms with Crippen LogP contribution in [0.15, 0.2) is 54.5 Å². The van der Waals surface area contributed by atoms with Gasteiger partial charge in [-0.25, -0.2) is 9.18 Å². The molecule has 27 heavy (non-hydrogen) atoms. The lowest BCUT2D eigenvalue weighted by Gasteiger charge is -1.97. The monoisotopic (exact) mass is 392 g/mol. The molecule has 4 aromatic rings. The molecule has 3 heterocycles. The van der Waals surface area contributed by atoms with Gasteiger partial charge in [0.05, 0.1) is 11.7 Å². The fourth-order valence-electron chi connectivity index (χ4n) is 2.57. The molecule has 0 saturated heterocycles. The van der Waals surface area contributed by atoms with Crippen molar-refractivity contribution in [1.82, 2.24) is 14.6 Å². The summed E-state index contributed by atoms with van der Waals surface area (Å²) in [4.78, 5) is 29.9. The molecule has 0 aliphatic heterocycles. The van der Waals surface area contributed by atoms with Gasteiger partial charge >= 0.3 is 21.4 Å². The summed E-state index contributed by atoms with van der Waals surface area (Å²) < 4.78 is 49.6. The molecule has 4 rings (SSSR count). The van der Waals surface area contributed by atoms with Crippen LogP contribution in [0.4, 0.5) is 4.39 Å². The summed E-state index contributed by atoms with van der Waals surface area (Å²) in [6.45, 7) is 0. The van der Waals surface area contributed by atoms with Gasteiger partial charge in [0.2, 0.25) is 5.09 Å². The van der Waals surface area contributed by atoms with E-state index in [1.165, 1.54) is 24.3 Å². The summed E-state index contributed by atoms with van der Waals surface area (Å²) in [5.74, 6) is -0.647. The van der Waals surface area contributed by atoms with Crippen LogP contribution < -0.4 is 11.2 Å². The summed E-state index contributed by atoms with van der Waals surface area (Å²) in [6.07, 6.45) is 0.930. The first-order valence-corrected chi connectivity index (χ1v) is 8.76. The molecule has 0 fully saturated rings. The number of fused-ring (bicyclic) bond motifs is 3. The Labute approximate surface area is 148 Å². The molecule has 0 saturated carbocycles. The zero-order chi connectivity index (χ0) is 19.3. The lowest BCUT2D eigenvalue weighted by atomic mass is 10.2. The minimum atomic E-state index is -4.53. The molecule has 3 aromatic heterocycles. The Hall–Kier alpha value is -3.51. The van der Waals surface area contributed by atoms with Crippen molar-refractivity contribution in [3.63, 3.8) is 0 Å². The van der Waals surface area contributed by atoms with Crippen LogP contribution in [-0.2, 0) is 10.1 Å². The van der Waals surface area contributed by atoms with E-state index >= 15 is 0 Å². The summed E-state index contributed by atoms with van der Waals surface area (Å²) in [7, 11) is -4.53. The van der Waals surface area contributed by atoms with Crippen molar-refractivity contribution in [3.8, 4) is 0 Å². The Morgan fingerprint density at radius 3 is 2.63 bits per heavy atom. The molecular weight excluding hydrogens is 383 g/mol. The first-order chi connectivity index (χ1) is 12.7. The third kappa shape index (κ3) is 2.86. The predicted molar refractivity (Wildman–Crippen MR) is 92.2 cm³/mol. The Balaban J connectivity index is 1.85. The highest BCUT2D eigenvalue weighted by atomic mass is 32.2. The highest BCUT2D eigenvalue weighted by Crippen LogP contribution is 2.21. The quantitative estimate of drug-likeness (QED) is 0.350. The van der Waals surface area contributed by atoms with E-state index in [9.17, 15) is 22.4 Å². The van der Waals surface area contributed by atoms with Gasteiger partial charge in [0.15, 0.2) is 0 Å². The van der Waals surface area contributed by atoms with Gasteiger partial charge in [-0.15, -0.1) is 4.68 Å². The van der Waals surface area contributed by atoms with Gasteiger partial charge in [-0.2, -0.15) is 13.5 Å². The zero-order valence-electron chi connectivity index (χ0n) is 13.1. The maximum atomic E-state index is 13.4. The largest absolute Gasteiger partial charge is 0.441 e. The number of aromatic nitrogens is 3. The van der Waals surface area contributed by atoms with E-state index in [0.717, 1.165) is 12.3 Å². The van der Waals surface area contributed by atoms with Crippen molar-refractivity contribution in [2.75, 3.05) is 0 Å². The van der Waals surface area contributed by atoms with Crippen LogP contribution >= 0.6 is 0 Å². The van der Waals surface area contributed by atoms with Crippen LogP contribution in [-0.4, -0.2) is 33.8 Å². The molecule has 0 atom stereocenters. The second kappa shape index (κ2) is 5.75. The molecule has 0 bridgehead atoms. The van der Waals surface area contributed by atoms with Gasteiger partial charge in [0.25, 0.3) is 0 Å². The Bertz CT molecular complexity index is 1460. The van der Waals surface area contributed by atoms with E-state index in [1.807, 2.05) is 0 Å². The van der Waals surface area contributed by atoms with E-state index in [1.54, 1.807) is 0 Å². The molecule has 10 nitrogen and oxygen atoms in total. The number of H-pyrrole nitrogens is 2.